The van der Waals surface area contributed by atoms with Crippen LogP contribution in [0.1, 0.15) is 47.8 Å². The molecular formula is C14H18N4O3. The first kappa shape index (κ1) is 12.7. The first-order valence-corrected chi connectivity index (χ1v) is 7.47. The molecule has 3 aliphatic rings. The average molecular weight is 290 g/mol. The monoisotopic (exact) mass is 290 g/mol. The number of carbonyl (C=O) groups excluding carboxylic acids is 2. The molecule has 0 radical (unpaired) electrons. The van der Waals surface area contributed by atoms with E-state index in [9.17, 15) is 9.59 Å². The Labute approximate surface area is 122 Å². The van der Waals surface area contributed by atoms with Gasteiger partial charge in [-0.05, 0) is 31.7 Å². The van der Waals surface area contributed by atoms with Crippen LogP contribution in [0.15, 0.2) is 6.07 Å². The van der Waals surface area contributed by atoms with Gasteiger partial charge in [-0.25, -0.2) is 4.79 Å². The summed E-state index contributed by atoms with van der Waals surface area (Å²) in [6.45, 7) is 1.60. The summed E-state index contributed by atoms with van der Waals surface area (Å²) in [5, 5.41) is 9.79. The number of aromatic nitrogens is 2. The lowest BCUT2D eigenvalue weighted by atomic mass is 9.93. The van der Waals surface area contributed by atoms with Gasteiger partial charge < -0.3 is 15.0 Å². The fourth-order valence-electron chi connectivity index (χ4n) is 3.21. The highest BCUT2D eigenvalue weighted by Crippen LogP contribution is 2.39. The van der Waals surface area contributed by atoms with Crippen LogP contribution in [0.3, 0.4) is 0 Å². The van der Waals surface area contributed by atoms with Crippen LogP contribution in [0, 0.1) is 0 Å². The van der Waals surface area contributed by atoms with E-state index in [-0.39, 0.29) is 12.0 Å². The van der Waals surface area contributed by atoms with Crippen LogP contribution in [0.5, 0.6) is 0 Å². The number of rotatable bonds is 2. The van der Waals surface area contributed by atoms with Crippen LogP contribution in [0.4, 0.5) is 4.79 Å². The van der Waals surface area contributed by atoms with E-state index >= 15 is 0 Å². The van der Waals surface area contributed by atoms with E-state index in [1.807, 2.05) is 6.07 Å². The minimum atomic E-state index is -0.555. The molecule has 112 valence electrons. The number of ether oxygens (including phenoxy) is 1. The van der Waals surface area contributed by atoms with Crippen LogP contribution in [0.2, 0.25) is 0 Å². The predicted molar refractivity (Wildman–Crippen MR) is 72.9 cm³/mol. The number of aromatic amines is 1. The highest BCUT2D eigenvalue weighted by Gasteiger charge is 2.45. The van der Waals surface area contributed by atoms with Gasteiger partial charge in [0.2, 0.25) is 0 Å². The highest BCUT2D eigenvalue weighted by molar-refractivity contribution is 5.92. The number of nitrogens with zero attached hydrogens (tertiary/aromatic N) is 2. The van der Waals surface area contributed by atoms with E-state index in [2.05, 4.69) is 15.5 Å². The molecule has 2 saturated heterocycles. The number of nitrogens with one attached hydrogen (secondary N) is 2. The smallest absolute Gasteiger partial charge is 0.407 e. The third-order valence-corrected chi connectivity index (χ3v) is 4.52. The van der Waals surface area contributed by atoms with Crippen molar-refractivity contribution in [3.8, 4) is 0 Å². The lowest BCUT2D eigenvalue weighted by molar-refractivity contribution is -0.00523. The van der Waals surface area contributed by atoms with Crippen molar-refractivity contribution in [2.45, 2.75) is 37.2 Å². The zero-order valence-corrected chi connectivity index (χ0v) is 11.7. The van der Waals surface area contributed by atoms with Gasteiger partial charge >= 0.3 is 6.09 Å². The summed E-state index contributed by atoms with van der Waals surface area (Å²) in [7, 11) is 0. The zero-order valence-electron chi connectivity index (χ0n) is 11.7. The summed E-state index contributed by atoms with van der Waals surface area (Å²) in [6, 6.07) is 1.86. The minimum Gasteiger partial charge on any atom is -0.439 e. The third-order valence-electron chi connectivity index (χ3n) is 4.52. The quantitative estimate of drug-likeness (QED) is 0.850. The van der Waals surface area contributed by atoms with Crippen molar-refractivity contribution >= 4 is 12.0 Å². The Morgan fingerprint density at radius 1 is 1.48 bits per heavy atom. The van der Waals surface area contributed by atoms with Gasteiger partial charge in [0.25, 0.3) is 5.91 Å². The Morgan fingerprint density at radius 3 is 3.05 bits per heavy atom. The largest absolute Gasteiger partial charge is 0.439 e. The highest BCUT2D eigenvalue weighted by atomic mass is 16.6. The molecule has 2 amide bonds. The number of likely N-dealkylation sites (tertiary alicyclic amines) is 1. The van der Waals surface area contributed by atoms with Gasteiger partial charge in [-0.3, -0.25) is 9.89 Å². The Bertz CT molecular complexity index is 595. The SMILES string of the molecule is O=C1NC[C@@]2(CCCN(C(=O)c3cc(C4CC4)[nH]n3)C2)O1. The zero-order chi connectivity index (χ0) is 14.4. The predicted octanol–water partition coefficient (Wildman–Crippen LogP) is 1.00. The number of piperidine rings is 1. The molecule has 3 heterocycles. The van der Waals surface area contributed by atoms with Crippen molar-refractivity contribution in [1.82, 2.24) is 20.4 Å². The fourth-order valence-corrected chi connectivity index (χ4v) is 3.21. The van der Waals surface area contributed by atoms with Crippen molar-refractivity contribution in [2.24, 2.45) is 0 Å². The third kappa shape index (κ3) is 2.26. The molecule has 0 aromatic carbocycles. The van der Waals surface area contributed by atoms with Crippen molar-refractivity contribution in [3.05, 3.63) is 17.5 Å². The van der Waals surface area contributed by atoms with Gasteiger partial charge in [-0.15, -0.1) is 0 Å². The van der Waals surface area contributed by atoms with Crippen LogP contribution in [-0.4, -0.2) is 52.3 Å². The molecule has 7 heteroatoms. The summed E-state index contributed by atoms with van der Waals surface area (Å²) >= 11 is 0. The Hall–Kier alpha value is -2.05. The minimum absolute atomic E-state index is 0.0832. The van der Waals surface area contributed by atoms with E-state index in [1.54, 1.807) is 4.90 Å². The van der Waals surface area contributed by atoms with Gasteiger partial charge in [-0.2, -0.15) is 5.10 Å². The number of hydrogen-bond acceptors (Lipinski definition) is 4. The number of alkyl carbamates (subject to hydrolysis) is 1. The van der Waals surface area contributed by atoms with Crippen LogP contribution < -0.4 is 5.32 Å². The molecule has 1 aliphatic carbocycles. The second-order valence-corrected chi connectivity index (χ2v) is 6.24. The fraction of sp³-hybridized carbons (Fsp3) is 0.643. The summed E-state index contributed by atoms with van der Waals surface area (Å²) in [4.78, 5) is 25.6. The summed E-state index contributed by atoms with van der Waals surface area (Å²) in [5.74, 6) is 0.465. The lowest BCUT2D eigenvalue weighted by Crippen LogP contribution is -2.52. The van der Waals surface area contributed by atoms with E-state index in [1.165, 1.54) is 12.8 Å². The molecule has 1 saturated carbocycles. The summed E-state index contributed by atoms with van der Waals surface area (Å²) in [6.07, 6.45) is 3.58. The molecule has 2 N–H and O–H groups in total. The first-order chi connectivity index (χ1) is 10.2. The number of carbonyl (C=O) groups is 2. The maximum Gasteiger partial charge on any atom is 0.407 e. The molecule has 1 aromatic heterocycles. The molecule has 1 atom stereocenters. The molecule has 7 nitrogen and oxygen atoms in total. The number of hydrogen-bond donors (Lipinski definition) is 2. The second-order valence-electron chi connectivity index (χ2n) is 6.24. The second kappa shape index (κ2) is 4.47. The first-order valence-electron chi connectivity index (χ1n) is 7.47. The van der Waals surface area contributed by atoms with Crippen molar-refractivity contribution < 1.29 is 14.3 Å². The molecule has 1 spiro atoms. The maximum atomic E-state index is 12.6. The maximum absolute atomic E-state index is 12.6. The summed E-state index contributed by atoms with van der Waals surface area (Å²) < 4.78 is 5.39. The van der Waals surface area contributed by atoms with Crippen LogP contribution >= 0.6 is 0 Å². The Kier molecular flexibility index (Phi) is 2.70. The number of H-pyrrole nitrogens is 1. The Balaban J connectivity index is 1.49. The van der Waals surface area contributed by atoms with E-state index in [4.69, 9.17) is 4.74 Å². The molecular weight excluding hydrogens is 272 g/mol. The number of amides is 2. The van der Waals surface area contributed by atoms with Gasteiger partial charge in [-0.1, -0.05) is 0 Å². The van der Waals surface area contributed by atoms with E-state index in [0.29, 0.717) is 31.2 Å². The van der Waals surface area contributed by atoms with Crippen LogP contribution in [0.25, 0.3) is 0 Å². The molecule has 3 fully saturated rings. The normalized spacial score (nSPS) is 28.6. The standard InChI is InChI=1S/C14H18N4O3/c19-12(11-6-10(16-17-11)9-2-3-9)18-5-1-4-14(8-18)7-15-13(20)21-14/h6,9H,1-5,7-8H2,(H,15,20)(H,16,17)/t14-/m1/s1. The van der Waals surface area contributed by atoms with Gasteiger partial charge in [0.1, 0.15) is 11.3 Å². The topological polar surface area (TPSA) is 87.3 Å². The molecule has 4 rings (SSSR count). The van der Waals surface area contributed by atoms with Crippen molar-refractivity contribution in [1.29, 1.82) is 0 Å². The Morgan fingerprint density at radius 2 is 2.33 bits per heavy atom. The van der Waals surface area contributed by atoms with Gasteiger partial charge in [0.15, 0.2) is 0 Å². The lowest BCUT2D eigenvalue weighted by Gasteiger charge is -2.37. The molecule has 21 heavy (non-hydrogen) atoms. The van der Waals surface area contributed by atoms with Gasteiger partial charge in [0, 0.05) is 18.2 Å². The van der Waals surface area contributed by atoms with Gasteiger partial charge in [0.05, 0.1) is 13.1 Å². The van der Waals surface area contributed by atoms with Crippen LogP contribution in [-0.2, 0) is 4.74 Å². The van der Waals surface area contributed by atoms with Crippen molar-refractivity contribution in [3.63, 3.8) is 0 Å². The van der Waals surface area contributed by atoms with E-state index < -0.39 is 5.60 Å². The average Bonchev–Trinajstić information content (AvgIpc) is 3.11. The van der Waals surface area contributed by atoms with E-state index in [0.717, 1.165) is 18.5 Å². The van der Waals surface area contributed by atoms with Crippen molar-refractivity contribution in [2.75, 3.05) is 19.6 Å². The summed E-state index contributed by atoms with van der Waals surface area (Å²) in [5.41, 5.74) is 0.964. The molecule has 2 aliphatic heterocycles. The molecule has 0 bridgehead atoms. The molecule has 1 aromatic rings. The molecule has 0 unspecified atom stereocenters.